The standard InChI is InChI=1S/C11H19O9/c12-1-4-6(15)7(16)9(18)11(20-4)10-8(17)5(14)3(13)2-19-10/h3-9,11-18H,1-2H2/t3-,4+,5-,6+,7-,8+,9+,11?/m0/s1. The van der Waals surface area contributed by atoms with E-state index in [1.54, 1.807) is 0 Å². The predicted octanol–water partition coefficient (Wildman–Crippen LogP) is -4.53. The third-order valence-corrected chi connectivity index (χ3v) is 3.60. The number of hydrogen-bond donors (Lipinski definition) is 7. The molecule has 2 aliphatic rings. The lowest BCUT2D eigenvalue weighted by atomic mass is 9.87. The summed E-state index contributed by atoms with van der Waals surface area (Å²) in [6.07, 6.45) is -11.9. The van der Waals surface area contributed by atoms with Crippen molar-refractivity contribution in [1.29, 1.82) is 0 Å². The Balaban J connectivity index is 2.14. The van der Waals surface area contributed by atoms with Crippen LogP contribution < -0.4 is 0 Å². The molecule has 0 aliphatic carbocycles. The van der Waals surface area contributed by atoms with Crippen LogP contribution in [0.3, 0.4) is 0 Å². The topological polar surface area (TPSA) is 160 Å². The average Bonchev–Trinajstić information content (AvgIpc) is 2.44. The molecule has 8 atom stereocenters. The third kappa shape index (κ3) is 2.69. The molecule has 2 saturated heterocycles. The van der Waals surface area contributed by atoms with Gasteiger partial charge in [0.25, 0.3) is 0 Å². The van der Waals surface area contributed by atoms with Gasteiger partial charge in [0.2, 0.25) is 0 Å². The monoisotopic (exact) mass is 295 g/mol. The zero-order valence-electron chi connectivity index (χ0n) is 10.5. The van der Waals surface area contributed by atoms with Gasteiger partial charge in [-0.2, -0.15) is 0 Å². The highest BCUT2D eigenvalue weighted by molar-refractivity contribution is 5.10. The lowest BCUT2D eigenvalue weighted by Gasteiger charge is -2.45. The molecular formula is C11H19O9. The lowest BCUT2D eigenvalue weighted by Crippen LogP contribution is -2.63. The second-order valence-corrected chi connectivity index (χ2v) is 4.97. The van der Waals surface area contributed by atoms with Crippen LogP contribution in [0, 0.1) is 6.10 Å². The van der Waals surface area contributed by atoms with Crippen LogP contribution in [0.5, 0.6) is 0 Å². The van der Waals surface area contributed by atoms with E-state index in [0.29, 0.717) is 0 Å². The highest BCUT2D eigenvalue weighted by Gasteiger charge is 2.52. The summed E-state index contributed by atoms with van der Waals surface area (Å²) in [6.45, 7) is -0.932. The Morgan fingerprint density at radius 3 is 2.15 bits per heavy atom. The molecule has 9 nitrogen and oxygen atoms in total. The van der Waals surface area contributed by atoms with Crippen molar-refractivity contribution < 1.29 is 45.2 Å². The van der Waals surface area contributed by atoms with Crippen LogP contribution in [-0.2, 0) is 9.47 Å². The minimum atomic E-state index is -1.62. The van der Waals surface area contributed by atoms with E-state index in [9.17, 15) is 30.6 Å². The molecule has 20 heavy (non-hydrogen) atoms. The minimum Gasteiger partial charge on any atom is -0.394 e. The maximum absolute atomic E-state index is 9.87. The van der Waals surface area contributed by atoms with Crippen molar-refractivity contribution in [2.75, 3.05) is 13.2 Å². The number of aliphatic hydroxyl groups excluding tert-OH is 7. The molecule has 0 aromatic heterocycles. The van der Waals surface area contributed by atoms with E-state index < -0.39 is 55.4 Å². The molecule has 2 aliphatic heterocycles. The van der Waals surface area contributed by atoms with Crippen LogP contribution in [0.4, 0.5) is 0 Å². The second kappa shape index (κ2) is 6.18. The fourth-order valence-electron chi connectivity index (χ4n) is 2.33. The Labute approximate surface area is 114 Å². The van der Waals surface area contributed by atoms with Gasteiger partial charge in [0, 0.05) is 0 Å². The number of hydrogen-bond acceptors (Lipinski definition) is 9. The van der Waals surface area contributed by atoms with Gasteiger partial charge in [-0.15, -0.1) is 0 Å². The summed E-state index contributed by atoms with van der Waals surface area (Å²) in [5.74, 6) is 0. The van der Waals surface area contributed by atoms with Crippen molar-refractivity contribution in [2.45, 2.75) is 48.8 Å². The summed E-state index contributed by atoms with van der Waals surface area (Å²) in [6, 6.07) is 0. The van der Waals surface area contributed by atoms with Crippen LogP contribution in [0.1, 0.15) is 0 Å². The molecule has 0 saturated carbocycles. The molecule has 0 aromatic carbocycles. The molecule has 1 unspecified atom stereocenters. The van der Waals surface area contributed by atoms with Crippen LogP contribution in [0.2, 0.25) is 0 Å². The molecule has 2 fully saturated rings. The summed E-state index contributed by atoms with van der Waals surface area (Å²) in [7, 11) is 0. The van der Waals surface area contributed by atoms with Gasteiger partial charge < -0.3 is 45.2 Å². The molecule has 117 valence electrons. The first-order chi connectivity index (χ1) is 9.38. The Morgan fingerprint density at radius 1 is 0.900 bits per heavy atom. The van der Waals surface area contributed by atoms with Crippen molar-refractivity contribution in [3.8, 4) is 0 Å². The highest BCUT2D eigenvalue weighted by atomic mass is 16.6. The van der Waals surface area contributed by atoms with E-state index in [4.69, 9.17) is 14.6 Å². The maximum Gasteiger partial charge on any atom is 0.159 e. The van der Waals surface area contributed by atoms with Gasteiger partial charge in [0.05, 0.1) is 13.2 Å². The Hall–Kier alpha value is -0.360. The minimum absolute atomic E-state index is 0.264. The van der Waals surface area contributed by atoms with E-state index >= 15 is 0 Å². The zero-order chi connectivity index (χ0) is 15.0. The fourth-order valence-corrected chi connectivity index (χ4v) is 2.33. The normalized spacial score (nSPS) is 51.1. The lowest BCUT2D eigenvalue weighted by molar-refractivity contribution is -0.256. The molecule has 1 radical (unpaired) electrons. The van der Waals surface area contributed by atoms with Gasteiger partial charge in [-0.3, -0.25) is 0 Å². The van der Waals surface area contributed by atoms with Crippen molar-refractivity contribution in [3.63, 3.8) is 0 Å². The number of rotatable bonds is 2. The predicted molar refractivity (Wildman–Crippen MR) is 61.0 cm³/mol. The van der Waals surface area contributed by atoms with E-state index in [0.717, 1.165) is 0 Å². The number of ether oxygens (including phenoxy) is 2. The largest absolute Gasteiger partial charge is 0.394 e. The molecule has 0 spiro atoms. The van der Waals surface area contributed by atoms with Gasteiger partial charge >= 0.3 is 0 Å². The SMILES string of the molecule is OC[C@H]1OC([C]2OC[C@H](O)[C@H](O)[C@H]2O)[C@H](O)[C@@H](O)[C@@H]1O. The van der Waals surface area contributed by atoms with E-state index in [2.05, 4.69) is 0 Å². The Bertz CT molecular complexity index is 325. The summed E-state index contributed by atoms with van der Waals surface area (Å²) in [4.78, 5) is 0. The first-order valence-electron chi connectivity index (χ1n) is 6.22. The van der Waals surface area contributed by atoms with E-state index in [1.807, 2.05) is 0 Å². The van der Waals surface area contributed by atoms with Gasteiger partial charge in [-0.25, -0.2) is 0 Å². The van der Waals surface area contributed by atoms with Crippen molar-refractivity contribution in [3.05, 3.63) is 6.10 Å². The summed E-state index contributed by atoms with van der Waals surface area (Å²) in [5.41, 5.74) is 0. The van der Waals surface area contributed by atoms with Crippen LogP contribution in [0.15, 0.2) is 0 Å². The molecule has 0 bridgehead atoms. The first-order valence-corrected chi connectivity index (χ1v) is 6.22. The molecule has 0 amide bonds. The summed E-state index contributed by atoms with van der Waals surface area (Å²) in [5, 5.41) is 67.0. The van der Waals surface area contributed by atoms with Gasteiger partial charge in [-0.1, -0.05) is 0 Å². The molecule has 2 rings (SSSR count). The zero-order valence-corrected chi connectivity index (χ0v) is 10.5. The van der Waals surface area contributed by atoms with Gasteiger partial charge in [0.15, 0.2) is 6.10 Å². The van der Waals surface area contributed by atoms with Crippen LogP contribution >= 0.6 is 0 Å². The smallest absolute Gasteiger partial charge is 0.159 e. The first kappa shape index (κ1) is 16.0. The van der Waals surface area contributed by atoms with Gasteiger partial charge in [0.1, 0.15) is 48.8 Å². The van der Waals surface area contributed by atoms with Crippen molar-refractivity contribution in [1.82, 2.24) is 0 Å². The molecule has 0 aromatic rings. The summed E-state index contributed by atoms with van der Waals surface area (Å²) >= 11 is 0. The Morgan fingerprint density at radius 2 is 1.55 bits per heavy atom. The summed E-state index contributed by atoms with van der Waals surface area (Å²) < 4.78 is 10.3. The highest BCUT2D eigenvalue weighted by Crippen LogP contribution is 2.33. The maximum atomic E-state index is 9.87. The van der Waals surface area contributed by atoms with Crippen molar-refractivity contribution >= 4 is 0 Å². The van der Waals surface area contributed by atoms with Crippen molar-refractivity contribution in [2.24, 2.45) is 0 Å². The molecule has 2 heterocycles. The Kier molecular flexibility index (Phi) is 4.95. The van der Waals surface area contributed by atoms with Gasteiger partial charge in [-0.05, 0) is 0 Å². The molecule has 9 heteroatoms. The fraction of sp³-hybridized carbons (Fsp3) is 0.909. The third-order valence-electron chi connectivity index (χ3n) is 3.60. The average molecular weight is 295 g/mol. The number of aliphatic hydroxyl groups is 7. The molecule has 7 N–H and O–H groups in total. The van der Waals surface area contributed by atoms with Crippen LogP contribution in [-0.4, -0.2) is 97.8 Å². The van der Waals surface area contributed by atoms with E-state index in [-0.39, 0.29) is 12.7 Å². The van der Waals surface area contributed by atoms with Crippen LogP contribution in [0.25, 0.3) is 0 Å². The molecular weight excluding hydrogens is 276 g/mol. The quantitative estimate of drug-likeness (QED) is 0.266. The second-order valence-electron chi connectivity index (χ2n) is 4.97. The van der Waals surface area contributed by atoms with E-state index in [1.165, 1.54) is 0 Å².